The molecule has 0 saturated heterocycles. The molecule has 6 atom stereocenters. The Bertz CT molecular complexity index is 2150. The number of thioether (sulfide) groups is 1. The molecule has 0 aliphatic carbocycles. The second-order valence-electron chi connectivity index (χ2n) is 20.9. The zero-order valence-corrected chi connectivity index (χ0v) is 56.4. The molecule has 0 aromatic heterocycles. The Morgan fingerprint density at radius 2 is 0.574 bits per heavy atom. The molecule has 0 saturated carbocycles. The van der Waals surface area contributed by atoms with E-state index in [0.717, 1.165) is 13.8 Å². The zero-order valence-electron chi connectivity index (χ0n) is 55.5. The molecule has 0 spiro atoms. The smallest absolute Gasteiger partial charge is 0.459 e. The van der Waals surface area contributed by atoms with Crippen molar-refractivity contribution in [1.29, 1.82) is 0 Å². The Hall–Kier alpha value is -3.39. The molecule has 6 unspecified atom stereocenters. The van der Waals surface area contributed by atoms with Gasteiger partial charge in [-0.15, -0.1) is 11.8 Å². The topological polar surface area (TPSA) is 236 Å². The lowest BCUT2D eigenvalue weighted by atomic mass is 10.0. The number of ether oxygens (including phenoxy) is 20. The number of methoxy groups -OCH3 is 2. The molecule has 23 nitrogen and oxygen atoms in total. The van der Waals surface area contributed by atoms with E-state index in [1.165, 1.54) is 14.2 Å². The molecular formula is C56H87F21O23S. The van der Waals surface area contributed by atoms with Crippen LogP contribution in [0.2, 0.25) is 0 Å². The van der Waals surface area contributed by atoms with Crippen LogP contribution in [0.5, 0.6) is 0 Å². The molecule has 101 heavy (non-hydrogen) atoms. The van der Waals surface area contributed by atoms with Gasteiger partial charge in [0.05, 0.1) is 203 Å². The maximum atomic E-state index is 14.2. The molecule has 0 aliphatic heterocycles. The summed E-state index contributed by atoms with van der Waals surface area (Å²) in [6.45, 7) is -6.85. The van der Waals surface area contributed by atoms with E-state index in [4.69, 9.17) is 80.5 Å². The molecule has 0 heterocycles. The average molecular weight is 1560 g/mol. The highest BCUT2D eigenvalue weighted by Crippen LogP contribution is 2.49. The van der Waals surface area contributed by atoms with Crippen LogP contribution in [0.15, 0.2) is 0 Å². The van der Waals surface area contributed by atoms with Crippen LogP contribution in [0.4, 0.5) is 92.2 Å². The number of carbonyl (C=O) groups excluding carboxylic acids is 3. The fourth-order valence-electron chi connectivity index (χ4n) is 6.93. The van der Waals surface area contributed by atoms with Gasteiger partial charge >= 0.3 is 72.0 Å². The molecule has 0 bridgehead atoms. The normalized spacial score (nSPS) is 15.1. The Morgan fingerprint density at radius 1 is 0.317 bits per heavy atom. The Balaban J connectivity index is 6.85. The first-order valence-corrected chi connectivity index (χ1v) is 31.5. The minimum atomic E-state index is -6.83. The predicted octanol–water partition coefficient (Wildman–Crippen LogP) is 8.30. The Kier molecular flexibility index (Phi) is 49.3. The lowest BCUT2D eigenvalue weighted by molar-refractivity contribution is -0.362. The highest BCUT2D eigenvalue weighted by Gasteiger charge is 2.75. The standard InChI is InChI=1S/C56H87F21O23S/c1-39(31-94-36-48(57,58)51(63,64)54(69,70)71)98-44(78)30-43(46(79)99-40(2)32-95-37-49(59,60)52(65,66)55(72,73)74)45(47(80)100-41(3)33-96-38-50(61,62)53(67,68)56(75,76)77)101-35-42(97-29-28-92-25-24-90-21-20-88-17-15-86-13-11-84-9-7-82-5)34-93-27-26-91-23-22-89-19-18-87-16-14-85-12-10-83-8-6-81-4/h39-43,45H,6-38H2,1-5H3. The van der Waals surface area contributed by atoms with Gasteiger partial charge < -0.3 is 94.7 Å². The van der Waals surface area contributed by atoms with Crippen LogP contribution in [0.25, 0.3) is 0 Å². The van der Waals surface area contributed by atoms with Crippen LogP contribution in [-0.4, -0.2) is 326 Å². The van der Waals surface area contributed by atoms with Crippen molar-refractivity contribution in [2.45, 2.75) is 111 Å². The minimum absolute atomic E-state index is 0.0182. The maximum absolute atomic E-state index is 14.2. The summed E-state index contributed by atoms with van der Waals surface area (Å²) in [6.07, 6.45) is -29.3. The quantitative estimate of drug-likeness (QED) is 0.0241. The Labute approximate surface area is 571 Å². The molecule has 0 radical (unpaired) electrons. The molecule has 0 N–H and O–H groups in total. The number of rotatable bonds is 65. The van der Waals surface area contributed by atoms with Crippen molar-refractivity contribution < 1.29 is 201 Å². The third-order valence-electron chi connectivity index (χ3n) is 12.2. The first-order chi connectivity index (χ1) is 47.1. The van der Waals surface area contributed by atoms with Crippen LogP contribution < -0.4 is 0 Å². The third-order valence-corrected chi connectivity index (χ3v) is 13.6. The zero-order chi connectivity index (χ0) is 76.9. The van der Waals surface area contributed by atoms with Crippen LogP contribution in [0.1, 0.15) is 27.2 Å². The SMILES string of the molecule is COCCOCCOCCOCCOCCOCCOCC(CSC(C(=O)OC(C)COCC(F)(F)C(F)(F)C(F)(F)F)C(CC(=O)OC(C)COCC(F)(F)C(F)(F)C(F)(F)F)C(=O)OC(C)COCC(F)(F)C(F)(F)C(F)(F)F)OCCOCCOCCOCCOCCOCCOC. The number of halogens is 21. The summed E-state index contributed by atoms with van der Waals surface area (Å²) in [6, 6.07) is 0. The third kappa shape index (κ3) is 40.8. The van der Waals surface area contributed by atoms with E-state index < -0.39 is 166 Å². The van der Waals surface area contributed by atoms with Gasteiger partial charge in [0, 0.05) is 20.0 Å². The summed E-state index contributed by atoms with van der Waals surface area (Å²) >= 11 is 0.238. The number of hydrogen-bond acceptors (Lipinski definition) is 24. The van der Waals surface area contributed by atoms with Crippen molar-refractivity contribution in [2.75, 3.05) is 225 Å². The number of carbonyl (C=O) groups is 3. The summed E-state index contributed by atoms with van der Waals surface area (Å²) in [5, 5.41) is -2.35. The van der Waals surface area contributed by atoms with Crippen molar-refractivity contribution >= 4 is 29.7 Å². The Morgan fingerprint density at radius 3 is 0.861 bits per heavy atom. The van der Waals surface area contributed by atoms with Gasteiger partial charge in [-0.3, -0.25) is 14.4 Å². The number of esters is 3. The van der Waals surface area contributed by atoms with Crippen LogP contribution in [0.3, 0.4) is 0 Å². The van der Waals surface area contributed by atoms with Crippen LogP contribution in [0, 0.1) is 5.92 Å². The van der Waals surface area contributed by atoms with Crippen LogP contribution in [-0.2, 0) is 109 Å². The van der Waals surface area contributed by atoms with Crippen molar-refractivity contribution in [3.05, 3.63) is 0 Å². The number of hydrogen-bond donors (Lipinski definition) is 0. The van der Waals surface area contributed by atoms with Crippen LogP contribution >= 0.6 is 11.8 Å². The summed E-state index contributed by atoms with van der Waals surface area (Å²) in [7, 11) is 3.05. The maximum Gasteiger partial charge on any atom is 0.459 e. The molecule has 0 aliphatic rings. The second-order valence-corrected chi connectivity index (χ2v) is 22.1. The van der Waals surface area contributed by atoms with Gasteiger partial charge in [0.1, 0.15) is 43.4 Å². The van der Waals surface area contributed by atoms with Gasteiger partial charge in [-0.2, -0.15) is 92.2 Å². The van der Waals surface area contributed by atoms with Gasteiger partial charge in [-0.25, -0.2) is 0 Å². The highest BCUT2D eigenvalue weighted by molar-refractivity contribution is 8.00. The molecule has 45 heteroatoms. The van der Waals surface area contributed by atoms with Crippen molar-refractivity contribution in [3.8, 4) is 0 Å². The molecule has 0 fully saturated rings. The fraction of sp³-hybridized carbons (Fsp3) is 0.946. The lowest BCUT2D eigenvalue weighted by Gasteiger charge is -2.29. The largest absolute Gasteiger partial charge is 0.460 e. The molecule has 0 aromatic rings. The fourth-order valence-corrected chi connectivity index (χ4v) is 8.18. The predicted molar refractivity (Wildman–Crippen MR) is 304 cm³/mol. The van der Waals surface area contributed by atoms with Crippen molar-refractivity contribution in [1.82, 2.24) is 0 Å². The van der Waals surface area contributed by atoms with E-state index in [-0.39, 0.29) is 117 Å². The minimum Gasteiger partial charge on any atom is -0.460 e. The van der Waals surface area contributed by atoms with E-state index >= 15 is 0 Å². The van der Waals surface area contributed by atoms with Gasteiger partial charge in [0.25, 0.3) is 0 Å². The van der Waals surface area contributed by atoms with Gasteiger partial charge in [0.15, 0.2) is 0 Å². The summed E-state index contributed by atoms with van der Waals surface area (Å²) < 4.78 is 384. The van der Waals surface area contributed by atoms with Crippen molar-refractivity contribution in [3.63, 3.8) is 0 Å². The second kappa shape index (κ2) is 51.0. The number of alkyl halides is 21. The highest BCUT2D eigenvalue weighted by atomic mass is 32.2. The monoisotopic (exact) mass is 1560 g/mol. The first kappa shape index (κ1) is 97.6. The van der Waals surface area contributed by atoms with Gasteiger partial charge in [-0.1, -0.05) is 0 Å². The van der Waals surface area contributed by atoms with E-state index in [2.05, 4.69) is 14.2 Å². The van der Waals surface area contributed by atoms with Crippen molar-refractivity contribution in [2.24, 2.45) is 5.92 Å². The molecule has 602 valence electrons. The van der Waals surface area contributed by atoms with E-state index in [9.17, 15) is 107 Å². The lowest BCUT2D eigenvalue weighted by Crippen LogP contribution is -2.54. The summed E-state index contributed by atoms with van der Waals surface area (Å²) in [5.74, 6) is -46.5. The molecular weight excluding hydrogens is 1470 g/mol. The summed E-state index contributed by atoms with van der Waals surface area (Å²) in [4.78, 5) is 41.9. The van der Waals surface area contributed by atoms with Gasteiger partial charge in [0.2, 0.25) is 0 Å². The first-order valence-electron chi connectivity index (χ1n) is 30.4. The average Bonchev–Trinajstić information content (AvgIpc) is 0.796. The van der Waals surface area contributed by atoms with Gasteiger partial charge in [-0.05, 0) is 20.8 Å². The van der Waals surface area contributed by atoms with E-state index in [1.54, 1.807) is 0 Å². The molecule has 0 amide bonds. The van der Waals surface area contributed by atoms with E-state index in [0.29, 0.717) is 59.8 Å². The summed E-state index contributed by atoms with van der Waals surface area (Å²) in [5.41, 5.74) is 0. The molecule has 0 rings (SSSR count). The van der Waals surface area contributed by atoms with E-state index in [1.807, 2.05) is 0 Å². The molecule has 0 aromatic carbocycles.